The zero-order chi connectivity index (χ0) is 14.4. The topological polar surface area (TPSA) is 71.5 Å². The van der Waals surface area contributed by atoms with Crippen molar-refractivity contribution in [1.82, 2.24) is 10.3 Å². The zero-order valence-corrected chi connectivity index (χ0v) is 11.1. The van der Waals surface area contributed by atoms with E-state index in [9.17, 15) is 9.90 Å². The third-order valence-electron chi connectivity index (χ3n) is 2.85. The number of hydrogen-bond donors (Lipinski definition) is 2. The normalized spacial score (nSPS) is 11.7. The van der Waals surface area contributed by atoms with Crippen LogP contribution >= 0.6 is 0 Å². The molecule has 5 nitrogen and oxygen atoms in total. The largest absolute Gasteiger partial charge is 0.497 e. The summed E-state index contributed by atoms with van der Waals surface area (Å²) in [7, 11) is 1.56. The Hall–Kier alpha value is -2.40. The first-order valence-corrected chi connectivity index (χ1v) is 6.20. The van der Waals surface area contributed by atoms with Crippen LogP contribution in [0.4, 0.5) is 0 Å². The van der Waals surface area contributed by atoms with Gasteiger partial charge < -0.3 is 15.2 Å². The van der Waals surface area contributed by atoms with Crippen molar-refractivity contribution in [3.63, 3.8) is 0 Å². The summed E-state index contributed by atoms with van der Waals surface area (Å²) in [6.45, 7) is 0.285. The van der Waals surface area contributed by atoms with E-state index in [1.807, 2.05) is 6.07 Å². The average molecular weight is 272 g/mol. The first-order chi connectivity index (χ1) is 9.70. The van der Waals surface area contributed by atoms with Crippen molar-refractivity contribution in [1.29, 1.82) is 0 Å². The zero-order valence-electron chi connectivity index (χ0n) is 11.1. The Labute approximate surface area is 117 Å². The van der Waals surface area contributed by atoms with E-state index in [0.717, 1.165) is 5.69 Å². The van der Waals surface area contributed by atoms with Crippen LogP contribution in [0.2, 0.25) is 0 Å². The maximum Gasteiger partial charge on any atom is 0.253 e. The fraction of sp³-hybridized carbons (Fsp3) is 0.200. The number of nitrogens with zero attached hydrogens (tertiary/aromatic N) is 1. The van der Waals surface area contributed by atoms with Crippen LogP contribution in [0, 0.1) is 0 Å². The van der Waals surface area contributed by atoms with Crippen molar-refractivity contribution in [3.05, 3.63) is 59.9 Å². The number of pyridine rings is 1. The molecule has 0 spiro atoms. The number of hydrogen-bond acceptors (Lipinski definition) is 4. The lowest BCUT2D eigenvalue weighted by Crippen LogP contribution is -2.29. The lowest BCUT2D eigenvalue weighted by atomic mass is 10.1. The van der Waals surface area contributed by atoms with Gasteiger partial charge in [-0.25, -0.2) is 0 Å². The Morgan fingerprint density at radius 1 is 1.30 bits per heavy atom. The van der Waals surface area contributed by atoms with Gasteiger partial charge in [-0.2, -0.15) is 0 Å². The molecular formula is C15H16N2O3. The van der Waals surface area contributed by atoms with Crippen molar-refractivity contribution in [2.75, 3.05) is 7.11 Å². The minimum Gasteiger partial charge on any atom is -0.497 e. The molecule has 104 valence electrons. The Balaban J connectivity index is 1.94. The number of rotatable bonds is 5. The van der Waals surface area contributed by atoms with Crippen molar-refractivity contribution in [2.45, 2.75) is 12.6 Å². The van der Waals surface area contributed by atoms with Gasteiger partial charge in [-0.15, -0.1) is 0 Å². The summed E-state index contributed by atoms with van der Waals surface area (Å²) < 4.78 is 5.02. The number of methoxy groups -OCH3 is 1. The van der Waals surface area contributed by atoms with Crippen LogP contribution in [0.25, 0.3) is 0 Å². The summed E-state index contributed by atoms with van der Waals surface area (Å²) >= 11 is 0. The molecular weight excluding hydrogens is 256 g/mol. The van der Waals surface area contributed by atoms with Crippen LogP contribution in [0.3, 0.4) is 0 Å². The van der Waals surface area contributed by atoms with E-state index in [1.54, 1.807) is 49.7 Å². The lowest BCUT2D eigenvalue weighted by Gasteiger charge is -2.12. The van der Waals surface area contributed by atoms with E-state index in [0.29, 0.717) is 11.3 Å². The maximum atomic E-state index is 11.9. The molecule has 1 amide bonds. The maximum absolute atomic E-state index is 11.9. The molecule has 5 heteroatoms. The molecule has 0 radical (unpaired) electrons. The summed E-state index contributed by atoms with van der Waals surface area (Å²) in [6.07, 6.45) is 0.450. The summed E-state index contributed by atoms with van der Waals surface area (Å²) in [4.78, 5) is 15.9. The molecule has 0 saturated carbocycles. The quantitative estimate of drug-likeness (QED) is 0.864. The minimum atomic E-state index is -1.20. The standard InChI is InChI=1S/C15H16N2O3/c1-20-13-7-5-11(6-8-13)14(18)15(19)17-10-12-4-2-3-9-16-12/h2-9,14,18H,10H2,1H3,(H,17,19). The van der Waals surface area contributed by atoms with Crippen LogP contribution < -0.4 is 10.1 Å². The van der Waals surface area contributed by atoms with E-state index < -0.39 is 12.0 Å². The summed E-state index contributed by atoms with van der Waals surface area (Å²) in [5.74, 6) is 0.218. The van der Waals surface area contributed by atoms with Crippen molar-refractivity contribution in [2.24, 2.45) is 0 Å². The Morgan fingerprint density at radius 2 is 2.05 bits per heavy atom. The molecule has 2 rings (SSSR count). The van der Waals surface area contributed by atoms with Crippen molar-refractivity contribution >= 4 is 5.91 Å². The highest BCUT2D eigenvalue weighted by Crippen LogP contribution is 2.17. The average Bonchev–Trinajstić information content (AvgIpc) is 2.53. The minimum absolute atomic E-state index is 0.285. The van der Waals surface area contributed by atoms with Gasteiger partial charge in [0.05, 0.1) is 19.3 Å². The SMILES string of the molecule is COc1ccc(C(O)C(=O)NCc2ccccn2)cc1. The highest BCUT2D eigenvalue weighted by Gasteiger charge is 2.16. The molecule has 1 aromatic heterocycles. The number of aliphatic hydroxyl groups is 1. The van der Waals surface area contributed by atoms with Crippen LogP contribution in [-0.4, -0.2) is 23.1 Å². The predicted octanol–water partition coefficient (Wildman–Crippen LogP) is 1.44. The van der Waals surface area contributed by atoms with E-state index in [2.05, 4.69) is 10.3 Å². The van der Waals surface area contributed by atoms with Crippen LogP contribution in [0.15, 0.2) is 48.7 Å². The predicted molar refractivity (Wildman–Crippen MR) is 74.0 cm³/mol. The van der Waals surface area contributed by atoms with Gasteiger partial charge in [0.25, 0.3) is 5.91 Å². The van der Waals surface area contributed by atoms with Crippen molar-refractivity contribution < 1.29 is 14.6 Å². The molecule has 20 heavy (non-hydrogen) atoms. The molecule has 1 aromatic carbocycles. The first kappa shape index (κ1) is 14.0. The molecule has 1 atom stereocenters. The number of benzene rings is 1. The van der Waals surface area contributed by atoms with E-state index in [1.165, 1.54) is 0 Å². The number of nitrogens with one attached hydrogen (secondary N) is 1. The number of amides is 1. The Morgan fingerprint density at radius 3 is 2.65 bits per heavy atom. The first-order valence-electron chi connectivity index (χ1n) is 6.20. The molecule has 1 unspecified atom stereocenters. The number of carbonyl (C=O) groups excluding carboxylic acids is 1. The fourth-order valence-corrected chi connectivity index (χ4v) is 1.71. The Bertz CT molecular complexity index is 555. The number of aliphatic hydroxyl groups excluding tert-OH is 1. The molecule has 2 aromatic rings. The highest BCUT2D eigenvalue weighted by molar-refractivity contribution is 5.81. The summed E-state index contributed by atoms with van der Waals surface area (Å²) in [5, 5.41) is 12.6. The smallest absolute Gasteiger partial charge is 0.253 e. The van der Waals surface area contributed by atoms with Gasteiger partial charge in [0, 0.05) is 6.20 Å². The summed E-state index contributed by atoms with van der Waals surface area (Å²) in [6, 6.07) is 12.2. The van der Waals surface area contributed by atoms with Gasteiger partial charge in [-0.1, -0.05) is 18.2 Å². The number of carbonyl (C=O) groups is 1. The van der Waals surface area contributed by atoms with Gasteiger partial charge in [-0.3, -0.25) is 9.78 Å². The lowest BCUT2D eigenvalue weighted by molar-refractivity contribution is -0.129. The number of ether oxygens (including phenoxy) is 1. The van der Waals surface area contributed by atoms with Gasteiger partial charge in [-0.05, 0) is 29.8 Å². The second kappa shape index (κ2) is 6.68. The molecule has 0 aliphatic heterocycles. The highest BCUT2D eigenvalue weighted by atomic mass is 16.5. The van der Waals surface area contributed by atoms with Gasteiger partial charge in [0.2, 0.25) is 0 Å². The number of aromatic nitrogens is 1. The van der Waals surface area contributed by atoms with E-state index >= 15 is 0 Å². The third-order valence-corrected chi connectivity index (χ3v) is 2.85. The van der Waals surface area contributed by atoms with Gasteiger partial charge in [0.15, 0.2) is 6.10 Å². The second-order valence-electron chi connectivity index (χ2n) is 4.21. The molecule has 1 heterocycles. The monoisotopic (exact) mass is 272 g/mol. The molecule has 0 aliphatic rings. The van der Waals surface area contributed by atoms with Crippen LogP contribution in [0.5, 0.6) is 5.75 Å². The van der Waals surface area contributed by atoms with Gasteiger partial charge in [0.1, 0.15) is 5.75 Å². The molecule has 0 fully saturated rings. The second-order valence-corrected chi connectivity index (χ2v) is 4.21. The van der Waals surface area contributed by atoms with Crippen LogP contribution in [0.1, 0.15) is 17.4 Å². The van der Waals surface area contributed by atoms with E-state index in [-0.39, 0.29) is 6.54 Å². The summed E-state index contributed by atoms with van der Waals surface area (Å²) in [5.41, 5.74) is 1.26. The van der Waals surface area contributed by atoms with E-state index in [4.69, 9.17) is 4.74 Å². The van der Waals surface area contributed by atoms with Gasteiger partial charge >= 0.3 is 0 Å². The molecule has 0 saturated heterocycles. The van der Waals surface area contributed by atoms with Crippen molar-refractivity contribution in [3.8, 4) is 5.75 Å². The van der Waals surface area contributed by atoms with Crippen LogP contribution in [-0.2, 0) is 11.3 Å². The Kier molecular flexibility index (Phi) is 4.68. The third kappa shape index (κ3) is 3.55. The molecule has 0 aliphatic carbocycles. The fourth-order valence-electron chi connectivity index (χ4n) is 1.71. The molecule has 0 bridgehead atoms. The molecule has 2 N–H and O–H groups in total.